The Morgan fingerprint density at radius 1 is 0.600 bits per heavy atom. The lowest BCUT2D eigenvalue weighted by molar-refractivity contribution is -0.302. The molecule has 0 radical (unpaired) electrons. The SMILES string of the molecule is CCCCC/C=C/CC/C=C/C(O)C(COC1OC(CO)C(O)C(O)C1O)NC(=O)CCCCCCCCC/C=C\CCCCCCCCCCCCCC. The predicted molar refractivity (Wildman–Crippen MR) is 226 cm³/mol. The van der Waals surface area contributed by atoms with E-state index < -0.39 is 49.5 Å². The maximum absolute atomic E-state index is 12.9. The maximum Gasteiger partial charge on any atom is 0.220 e. The third-order valence-corrected chi connectivity index (χ3v) is 10.7. The molecular weight excluding hydrogens is 695 g/mol. The Hall–Kier alpha value is -1.59. The quantitative estimate of drug-likeness (QED) is 0.0270. The van der Waals surface area contributed by atoms with Crippen LogP contribution in [0.1, 0.15) is 194 Å². The average molecular weight is 780 g/mol. The van der Waals surface area contributed by atoms with Gasteiger partial charge < -0.3 is 40.3 Å². The van der Waals surface area contributed by atoms with Crippen molar-refractivity contribution in [2.75, 3.05) is 13.2 Å². The van der Waals surface area contributed by atoms with Gasteiger partial charge in [-0.3, -0.25) is 4.79 Å². The summed E-state index contributed by atoms with van der Waals surface area (Å²) in [6, 6.07) is -0.820. The van der Waals surface area contributed by atoms with Crippen molar-refractivity contribution >= 4 is 5.91 Å². The number of carbonyl (C=O) groups excluding carboxylic acids is 1. The highest BCUT2D eigenvalue weighted by atomic mass is 16.7. The molecule has 1 aliphatic heterocycles. The van der Waals surface area contributed by atoms with Gasteiger partial charge in [-0.05, 0) is 57.8 Å². The molecule has 0 aliphatic carbocycles. The summed E-state index contributed by atoms with van der Waals surface area (Å²) in [4.78, 5) is 12.9. The van der Waals surface area contributed by atoms with Crippen LogP contribution in [0.4, 0.5) is 0 Å². The lowest BCUT2D eigenvalue weighted by Gasteiger charge is -2.40. The van der Waals surface area contributed by atoms with E-state index >= 15 is 0 Å². The van der Waals surface area contributed by atoms with E-state index in [4.69, 9.17) is 9.47 Å². The minimum absolute atomic E-state index is 0.194. The highest BCUT2D eigenvalue weighted by molar-refractivity contribution is 5.76. The summed E-state index contributed by atoms with van der Waals surface area (Å²) in [6.45, 7) is 3.69. The molecule has 1 rings (SSSR count). The molecule has 0 aromatic carbocycles. The zero-order chi connectivity index (χ0) is 40.2. The molecule has 0 spiro atoms. The van der Waals surface area contributed by atoms with E-state index in [2.05, 4.69) is 43.5 Å². The summed E-state index contributed by atoms with van der Waals surface area (Å²) < 4.78 is 11.1. The zero-order valence-corrected chi connectivity index (χ0v) is 35.2. The molecule has 322 valence electrons. The topological polar surface area (TPSA) is 149 Å². The number of amides is 1. The van der Waals surface area contributed by atoms with Gasteiger partial charge in [-0.25, -0.2) is 0 Å². The van der Waals surface area contributed by atoms with Crippen LogP contribution in [0.15, 0.2) is 36.5 Å². The van der Waals surface area contributed by atoms with Gasteiger partial charge in [-0.15, -0.1) is 0 Å². The first kappa shape index (κ1) is 51.4. The molecule has 9 heteroatoms. The lowest BCUT2D eigenvalue weighted by Crippen LogP contribution is -2.60. The van der Waals surface area contributed by atoms with Crippen molar-refractivity contribution in [1.29, 1.82) is 0 Å². The first-order chi connectivity index (χ1) is 26.8. The number of unbranched alkanes of at least 4 members (excludes halogenated alkanes) is 23. The van der Waals surface area contributed by atoms with E-state index in [9.17, 15) is 30.3 Å². The number of carbonyl (C=O) groups is 1. The molecule has 1 saturated heterocycles. The largest absolute Gasteiger partial charge is 0.394 e. The molecule has 6 N–H and O–H groups in total. The van der Waals surface area contributed by atoms with Crippen molar-refractivity contribution in [3.63, 3.8) is 0 Å². The number of rotatable bonds is 37. The molecule has 0 aromatic heterocycles. The van der Waals surface area contributed by atoms with E-state index in [1.165, 1.54) is 122 Å². The number of hydrogen-bond donors (Lipinski definition) is 6. The second-order valence-corrected chi connectivity index (χ2v) is 15.8. The van der Waals surface area contributed by atoms with Crippen molar-refractivity contribution in [2.24, 2.45) is 0 Å². The van der Waals surface area contributed by atoms with Gasteiger partial charge in [0, 0.05) is 6.42 Å². The molecule has 0 bridgehead atoms. The molecule has 1 aliphatic rings. The van der Waals surface area contributed by atoms with Gasteiger partial charge in [-0.2, -0.15) is 0 Å². The van der Waals surface area contributed by atoms with Crippen LogP contribution in [-0.2, 0) is 14.3 Å². The van der Waals surface area contributed by atoms with Crippen LogP contribution < -0.4 is 5.32 Å². The Morgan fingerprint density at radius 2 is 1.04 bits per heavy atom. The van der Waals surface area contributed by atoms with Crippen LogP contribution in [-0.4, -0.2) is 87.5 Å². The Labute approximate surface area is 336 Å². The Bertz CT molecular complexity index is 956. The highest BCUT2D eigenvalue weighted by Crippen LogP contribution is 2.22. The third-order valence-electron chi connectivity index (χ3n) is 10.7. The van der Waals surface area contributed by atoms with Crippen LogP contribution in [0, 0.1) is 0 Å². The van der Waals surface area contributed by atoms with Crippen LogP contribution in [0.5, 0.6) is 0 Å². The zero-order valence-electron chi connectivity index (χ0n) is 35.2. The molecule has 1 fully saturated rings. The maximum atomic E-state index is 12.9. The third kappa shape index (κ3) is 27.6. The van der Waals surface area contributed by atoms with Gasteiger partial charge in [-0.1, -0.05) is 166 Å². The van der Waals surface area contributed by atoms with Gasteiger partial charge in [0.2, 0.25) is 5.91 Å². The number of aliphatic hydroxyl groups is 5. The molecule has 7 atom stereocenters. The fourth-order valence-corrected chi connectivity index (χ4v) is 6.99. The smallest absolute Gasteiger partial charge is 0.220 e. The minimum Gasteiger partial charge on any atom is -0.394 e. The predicted octanol–water partition coefficient (Wildman–Crippen LogP) is 9.28. The number of hydrogen-bond acceptors (Lipinski definition) is 8. The highest BCUT2D eigenvalue weighted by Gasteiger charge is 2.44. The van der Waals surface area contributed by atoms with Crippen molar-refractivity contribution in [3.8, 4) is 0 Å². The molecule has 0 aromatic rings. The monoisotopic (exact) mass is 780 g/mol. The van der Waals surface area contributed by atoms with Crippen LogP contribution in [0.2, 0.25) is 0 Å². The van der Waals surface area contributed by atoms with E-state index in [1.54, 1.807) is 6.08 Å². The second kappa shape index (κ2) is 36.7. The molecule has 0 saturated carbocycles. The van der Waals surface area contributed by atoms with Gasteiger partial charge in [0.25, 0.3) is 0 Å². The number of nitrogens with one attached hydrogen (secondary N) is 1. The number of aliphatic hydroxyl groups excluding tert-OH is 5. The van der Waals surface area contributed by atoms with Crippen LogP contribution in [0.25, 0.3) is 0 Å². The fourth-order valence-electron chi connectivity index (χ4n) is 6.99. The molecule has 9 nitrogen and oxygen atoms in total. The van der Waals surface area contributed by atoms with Crippen LogP contribution in [0.3, 0.4) is 0 Å². The lowest BCUT2D eigenvalue weighted by atomic mass is 9.99. The summed E-state index contributed by atoms with van der Waals surface area (Å²) in [7, 11) is 0. The first-order valence-corrected chi connectivity index (χ1v) is 22.7. The van der Waals surface area contributed by atoms with Crippen molar-refractivity contribution < 1.29 is 39.8 Å². The number of ether oxygens (including phenoxy) is 2. The van der Waals surface area contributed by atoms with E-state index in [1.807, 2.05) is 6.08 Å². The van der Waals surface area contributed by atoms with E-state index in [0.717, 1.165) is 51.4 Å². The second-order valence-electron chi connectivity index (χ2n) is 15.8. The van der Waals surface area contributed by atoms with Gasteiger partial charge in [0.15, 0.2) is 6.29 Å². The van der Waals surface area contributed by atoms with E-state index in [0.29, 0.717) is 6.42 Å². The summed E-state index contributed by atoms with van der Waals surface area (Å²) in [5, 5.41) is 53.9. The standard InChI is InChI=1S/C46H85NO8/c1-3-5-7-9-11-13-14-15-16-17-18-19-20-21-22-23-24-25-26-28-30-32-34-36-42(50)47-39(40(49)35-33-31-29-27-12-10-8-6-4-2)38-54-46-45(53)44(52)43(51)41(37-48)55-46/h12,21-22,27,33,35,39-41,43-46,48-49,51-53H,3-11,13-20,23-26,28-32,34,36-38H2,1-2H3,(H,47,50)/b22-21-,27-12+,35-33+. The molecular formula is C46H85NO8. The Balaban J connectivity index is 2.26. The molecule has 7 unspecified atom stereocenters. The minimum atomic E-state index is -1.57. The first-order valence-electron chi connectivity index (χ1n) is 22.7. The molecule has 1 heterocycles. The Morgan fingerprint density at radius 3 is 1.56 bits per heavy atom. The van der Waals surface area contributed by atoms with Gasteiger partial charge >= 0.3 is 0 Å². The average Bonchev–Trinajstić information content (AvgIpc) is 3.18. The summed E-state index contributed by atoms with van der Waals surface area (Å²) in [6.07, 6.45) is 37.8. The summed E-state index contributed by atoms with van der Waals surface area (Å²) >= 11 is 0. The summed E-state index contributed by atoms with van der Waals surface area (Å²) in [5.41, 5.74) is 0. The van der Waals surface area contributed by atoms with Gasteiger partial charge in [0.1, 0.15) is 24.4 Å². The normalized spacial score (nSPS) is 21.6. The number of allylic oxidation sites excluding steroid dienone is 5. The van der Waals surface area contributed by atoms with Gasteiger partial charge in [0.05, 0.1) is 25.4 Å². The van der Waals surface area contributed by atoms with Crippen molar-refractivity contribution in [3.05, 3.63) is 36.5 Å². The van der Waals surface area contributed by atoms with Crippen LogP contribution >= 0.6 is 0 Å². The van der Waals surface area contributed by atoms with E-state index in [-0.39, 0.29) is 12.5 Å². The van der Waals surface area contributed by atoms with Crippen molar-refractivity contribution in [2.45, 2.75) is 236 Å². The molecule has 55 heavy (non-hydrogen) atoms. The molecule has 1 amide bonds. The van der Waals surface area contributed by atoms with Crippen molar-refractivity contribution in [1.82, 2.24) is 5.32 Å². The Kier molecular flexibility index (Phi) is 34.3. The summed E-state index contributed by atoms with van der Waals surface area (Å²) in [5.74, 6) is -0.194. The fraction of sp³-hybridized carbons (Fsp3) is 0.848.